The predicted molar refractivity (Wildman–Crippen MR) is 83.1 cm³/mol. The maximum atomic E-state index is 11.9. The first kappa shape index (κ1) is 15.3. The summed E-state index contributed by atoms with van der Waals surface area (Å²) < 4.78 is 5.19. The van der Waals surface area contributed by atoms with E-state index in [0.29, 0.717) is 18.7 Å². The molecule has 2 unspecified atom stereocenters. The maximum Gasteiger partial charge on any atom is 0.308 e. The van der Waals surface area contributed by atoms with E-state index in [1.54, 1.807) is 0 Å². The molecular formula is C17H30N2O2. The van der Waals surface area contributed by atoms with Crippen molar-refractivity contribution >= 4 is 5.97 Å². The van der Waals surface area contributed by atoms with Gasteiger partial charge in [-0.1, -0.05) is 6.42 Å². The first-order chi connectivity index (χ1) is 10.3. The minimum Gasteiger partial charge on any atom is -0.466 e. The molecule has 4 nitrogen and oxygen atoms in total. The van der Waals surface area contributed by atoms with Gasteiger partial charge in [-0.25, -0.2) is 0 Å². The number of carbonyl (C=O) groups excluding carboxylic acids is 1. The first-order valence-electron chi connectivity index (χ1n) is 8.93. The molecule has 0 spiro atoms. The van der Waals surface area contributed by atoms with E-state index in [1.807, 2.05) is 6.92 Å². The minimum absolute atomic E-state index is 0.0209. The zero-order valence-electron chi connectivity index (χ0n) is 13.4. The van der Waals surface area contributed by atoms with Crippen LogP contribution in [0.1, 0.15) is 58.3 Å². The van der Waals surface area contributed by atoms with Crippen LogP contribution in [0.25, 0.3) is 0 Å². The van der Waals surface area contributed by atoms with Gasteiger partial charge in [-0.3, -0.25) is 4.79 Å². The summed E-state index contributed by atoms with van der Waals surface area (Å²) in [6.07, 6.45) is 9.75. The zero-order valence-corrected chi connectivity index (χ0v) is 13.4. The third-order valence-electron chi connectivity index (χ3n) is 5.36. The van der Waals surface area contributed by atoms with Gasteiger partial charge < -0.3 is 15.0 Å². The maximum absolute atomic E-state index is 11.9. The lowest BCUT2D eigenvalue weighted by Gasteiger charge is -2.36. The Morgan fingerprint density at radius 2 is 1.86 bits per heavy atom. The van der Waals surface area contributed by atoms with E-state index < -0.39 is 0 Å². The van der Waals surface area contributed by atoms with Crippen LogP contribution in [0.15, 0.2) is 0 Å². The molecule has 0 radical (unpaired) electrons. The summed E-state index contributed by atoms with van der Waals surface area (Å²) in [4.78, 5) is 14.6. The molecule has 120 valence electrons. The molecule has 0 aromatic carbocycles. The summed E-state index contributed by atoms with van der Waals surface area (Å²) >= 11 is 0. The molecule has 1 heterocycles. The molecule has 1 aliphatic heterocycles. The summed E-state index contributed by atoms with van der Waals surface area (Å²) in [5, 5.41) is 3.83. The summed E-state index contributed by atoms with van der Waals surface area (Å²) in [6, 6.07) is 2.09. The fourth-order valence-electron chi connectivity index (χ4n) is 4.02. The van der Waals surface area contributed by atoms with Crippen LogP contribution in [0.5, 0.6) is 0 Å². The first-order valence-corrected chi connectivity index (χ1v) is 8.93. The van der Waals surface area contributed by atoms with Crippen LogP contribution in [-0.2, 0) is 9.53 Å². The number of hydrogen-bond donors (Lipinski definition) is 1. The molecule has 21 heavy (non-hydrogen) atoms. The second kappa shape index (κ2) is 7.10. The summed E-state index contributed by atoms with van der Waals surface area (Å²) in [6.45, 7) is 4.92. The Balaban J connectivity index is 1.41. The fourth-order valence-corrected chi connectivity index (χ4v) is 4.02. The molecule has 3 rings (SSSR count). The molecule has 2 aliphatic carbocycles. The van der Waals surface area contributed by atoms with E-state index in [2.05, 4.69) is 10.2 Å². The number of nitrogens with zero attached hydrogens (tertiary/aromatic N) is 1. The second-order valence-corrected chi connectivity index (χ2v) is 7.02. The summed E-state index contributed by atoms with van der Waals surface area (Å²) in [7, 11) is 0. The number of esters is 1. The lowest BCUT2D eigenvalue weighted by atomic mass is 9.85. The third kappa shape index (κ3) is 4.19. The van der Waals surface area contributed by atoms with Crippen molar-refractivity contribution in [3.63, 3.8) is 0 Å². The Kier molecular flexibility index (Phi) is 5.17. The highest BCUT2D eigenvalue weighted by Crippen LogP contribution is 2.30. The zero-order chi connectivity index (χ0) is 14.7. The average Bonchev–Trinajstić information content (AvgIpc) is 3.33. The highest BCUT2D eigenvalue weighted by Gasteiger charge is 2.33. The summed E-state index contributed by atoms with van der Waals surface area (Å²) in [5.74, 6) is 0.148. The Hall–Kier alpha value is -0.610. The standard InChI is InChI=1S/C17H30N2O2/c1-2-21-17(20)13-4-3-5-15(12-13)18-14-8-10-19(11-9-14)16-6-7-16/h13-16,18H,2-12H2,1H3. The molecule has 1 saturated heterocycles. The van der Waals surface area contributed by atoms with Crippen LogP contribution >= 0.6 is 0 Å². The molecule has 4 heteroatoms. The van der Waals surface area contributed by atoms with Crippen LogP contribution < -0.4 is 5.32 Å². The molecule has 0 aromatic heterocycles. The normalized spacial score (nSPS) is 32.0. The average molecular weight is 294 g/mol. The van der Waals surface area contributed by atoms with Crippen molar-refractivity contribution < 1.29 is 9.53 Å². The van der Waals surface area contributed by atoms with Gasteiger partial charge in [0.15, 0.2) is 0 Å². The Morgan fingerprint density at radius 3 is 2.52 bits per heavy atom. The quantitative estimate of drug-likeness (QED) is 0.790. The van der Waals surface area contributed by atoms with Gasteiger partial charge in [0.05, 0.1) is 12.5 Å². The van der Waals surface area contributed by atoms with Crippen LogP contribution in [0.2, 0.25) is 0 Å². The molecule has 2 atom stereocenters. The van der Waals surface area contributed by atoms with Crippen molar-refractivity contribution in [1.82, 2.24) is 10.2 Å². The van der Waals surface area contributed by atoms with Crippen molar-refractivity contribution in [2.75, 3.05) is 19.7 Å². The van der Waals surface area contributed by atoms with Crippen molar-refractivity contribution in [3.8, 4) is 0 Å². The molecule has 0 amide bonds. The van der Waals surface area contributed by atoms with Crippen LogP contribution in [0.3, 0.4) is 0 Å². The SMILES string of the molecule is CCOC(=O)C1CCCC(NC2CCN(C3CC3)CC2)C1. The topological polar surface area (TPSA) is 41.6 Å². The van der Waals surface area contributed by atoms with Crippen LogP contribution in [0.4, 0.5) is 0 Å². The number of piperidine rings is 1. The lowest BCUT2D eigenvalue weighted by molar-refractivity contribution is -0.149. The molecule has 3 fully saturated rings. The van der Waals surface area contributed by atoms with E-state index in [0.717, 1.165) is 25.3 Å². The van der Waals surface area contributed by atoms with Gasteiger partial charge in [-0.05, 0) is 65.0 Å². The fraction of sp³-hybridized carbons (Fsp3) is 0.941. The molecule has 0 aromatic rings. The Bertz CT molecular complexity index is 349. The predicted octanol–water partition coefficient (Wildman–Crippen LogP) is 2.32. The highest BCUT2D eigenvalue weighted by atomic mass is 16.5. The molecule has 3 aliphatic rings. The number of rotatable bonds is 5. The van der Waals surface area contributed by atoms with E-state index in [4.69, 9.17) is 4.74 Å². The van der Waals surface area contributed by atoms with E-state index in [9.17, 15) is 4.79 Å². The molecule has 0 bridgehead atoms. The van der Waals surface area contributed by atoms with Gasteiger partial charge in [-0.2, -0.15) is 0 Å². The minimum atomic E-state index is 0.0209. The third-order valence-corrected chi connectivity index (χ3v) is 5.36. The molecule has 2 saturated carbocycles. The summed E-state index contributed by atoms with van der Waals surface area (Å²) in [5.41, 5.74) is 0. The molecule has 1 N–H and O–H groups in total. The van der Waals surface area contributed by atoms with Crippen molar-refractivity contribution in [2.24, 2.45) is 5.92 Å². The Morgan fingerprint density at radius 1 is 1.10 bits per heavy atom. The van der Waals surface area contributed by atoms with Crippen molar-refractivity contribution in [2.45, 2.75) is 76.4 Å². The van der Waals surface area contributed by atoms with E-state index in [-0.39, 0.29) is 11.9 Å². The largest absolute Gasteiger partial charge is 0.466 e. The number of likely N-dealkylation sites (tertiary alicyclic amines) is 1. The van der Waals surface area contributed by atoms with E-state index in [1.165, 1.54) is 45.2 Å². The number of hydrogen-bond acceptors (Lipinski definition) is 4. The van der Waals surface area contributed by atoms with Gasteiger partial charge in [0.25, 0.3) is 0 Å². The highest BCUT2D eigenvalue weighted by molar-refractivity contribution is 5.72. The van der Waals surface area contributed by atoms with Crippen molar-refractivity contribution in [3.05, 3.63) is 0 Å². The van der Waals surface area contributed by atoms with Gasteiger partial charge in [-0.15, -0.1) is 0 Å². The Labute approximate surface area is 128 Å². The van der Waals surface area contributed by atoms with Gasteiger partial charge in [0, 0.05) is 18.1 Å². The van der Waals surface area contributed by atoms with Gasteiger partial charge in [0.2, 0.25) is 0 Å². The van der Waals surface area contributed by atoms with Gasteiger partial charge >= 0.3 is 5.97 Å². The van der Waals surface area contributed by atoms with Gasteiger partial charge in [0.1, 0.15) is 0 Å². The smallest absolute Gasteiger partial charge is 0.308 e. The second-order valence-electron chi connectivity index (χ2n) is 7.02. The van der Waals surface area contributed by atoms with Crippen molar-refractivity contribution in [1.29, 1.82) is 0 Å². The molecular weight excluding hydrogens is 264 g/mol. The lowest BCUT2D eigenvalue weighted by Crippen LogP contribution is -2.48. The number of nitrogens with one attached hydrogen (secondary N) is 1. The monoisotopic (exact) mass is 294 g/mol. The number of carbonyl (C=O) groups is 1. The van der Waals surface area contributed by atoms with E-state index >= 15 is 0 Å². The number of ether oxygens (including phenoxy) is 1. The van der Waals surface area contributed by atoms with Crippen LogP contribution in [-0.4, -0.2) is 48.7 Å². The van der Waals surface area contributed by atoms with Crippen LogP contribution in [0, 0.1) is 5.92 Å².